The van der Waals surface area contributed by atoms with Gasteiger partial charge in [-0.15, -0.1) is 0 Å². The minimum absolute atomic E-state index is 0.212. The lowest BCUT2D eigenvalue weighted by atomic mass is 10.3. The fraction of sp³-hybridized carbons (Fsp3) is 0.167. The quantitative estimate of drug-likeness (QED) is 0.785. The molecular weight excluding hydrogens is 338 g/mol. The van der Waals surface area contributed by atoms with Gasteiger partial charge in [-0.3, -0.25) is 0 Å². The second kappa shape index (κ2) is 6.27. The minimum Gasteiger partial charge on any atom is -0.439 e. The van der Waals surface area contributed by atoms with E-state index in [-0.39, 0.29) is 17.6 Å². The summed E-state index contributed by atoms with van der Waals surface area (Å²) in [6, 6.07) is 5.64. The van der Waals surface area contributed by atoms with Crippen LogP contribution in [0, 0.1) is 5.82 Å². The van der Waals surface area contributed by atoms with Gasteiger partial charge < -0.3 is 9.47 Å². The van der Waals surface area contributed by atoms with Crippen LogP contribution in [0.1, 0.15) is 5.82 Å². The van der Waals surface area contributed by atoms with Gasteiger partial charge in [-0.25, -0.2) is 9.37 Å². The van der Waals surface area contributed by atoms with E-state index in [0.717, 1.165) is 0 Å². The highest BCUT2D eigenvalue weighted by atomic mass is 79.9. The minimum atomic E-state index is -0.415. The van der Waals surface area contributed by atoms with Gasteiger partial charge >= 0.3 is 0 Å². The number of halogens is 3. The van der Waals surface area contributed by atoms with E-state index in [0.29, 0.717) is 16.0 Å². The standard InChI is InChI=1S/C12H9BrClFN2O2/c1-18-6-11-16-10(14)5-12(17-11)19-9-3-7(13)2-8(15)4-9/h2-5H,6H2,1H3. The number of hydrogen-bond donors (Lipinski definition) is 0. The lowest BCUT2D eigenvalue weighted by Gasteiger charge is -2.07. The topological polar surface area (TPSA) is 44.2 Å². The molecule has 2 aromatic rings. The zero-order valence-electron chi connectivity index (χ0n) is 9.86. The van der Waals surface area contributed by atoms with Crippen molar-refractivity contribution in [2.75, 3.05) is 7.11 Å². The molecule has 0 radical (unpaired) electrons. The molecule has 0 spiro atoms. The van der Waals surface area contributed by atoms with E-state index in [9.17, 15) is 4.39 Å². The molecule has 0 saturated heterocycles. The largest absolute Gasteiger partial charge is 0.439 e. The summed E-state index contributed by atoms with van der Waals surface area (Å²) in [5.41, 5.74) is 0. The molecule has 0 aliphatic heterocycles. The van der Waals surface area contributed by atoms with Crippen LogP contribution in [0.25, 0.3) is 0 Å². The predicted octanol–water partition coefficient (Wildman–Crippen LogP) is 3.97. The van der Waals surface area contributed by atoms with Gasteiger partial charge in [0.05, 0.1) is 0 Å². The van der Waals surface area contributed by atoms with Crippen LogP contribution in [-0.2, 0) is 11.3 Å². The van der Waals surface area contributed by atoms with Crippen molar-refractivity contribution in [1.29, 1.82) is 0 Å². The molecule has 2 rings (SSSR count). The van der Waals surface area contributed by atoms with Crippen LogP contribution in [0.4, 0.5) is 4.39 Å². The molecule has 0 aliphatic carbocycles. The van der Waals surface area contributed by atoms with Crippen LogP contribution in [0.15, 0.2) is 28.7 Å². The lowest BCUT2D eigenvalue weighted by Crippen LogP contribution is -1.99. The Morgan fingerprint density at radius 1 is 1.26 bits per heavy atom. The first kappa shape index (κ1) is 14.2. The number of methoxy groups -OCH3 is 1. The summed E-state index contributed by atoms with van der Waals surface area (Å²) >= 11 is 9.03. The summed E-state index contributed by atoms with van der Waals surface area (Å²) in [6.45, 7) is 0.212. The zero-order valence-corrected chi connectivity index (χ0v) is 12.2. The third-order valence-electron chi connectivity index (χ3n) is 2.05. The first-order valence-electron chi connectivity index (χ1n) is 5.23. The highest BCUT2D eigenvalue weighted by Crippen LogP contribution is 2.26. The summed E-state index contributed by atoms with van der Waals surface area (Å²) in [5, 5.41) is 0.229. The molecule has 0 N–H and O–H groups in total. The molecule has 0 aliphatic rings. The van der Waals surface area contributed by atoms with E-state index < -0.39 is 5.82 Å². The molecule has 1 aromatic heterocycles. The van der Waals surface area contributed by atoms with Gasteiger partial charge in [0.1, 0.15) is 23.3 Å². The smallest absolute Gasteiger partial charge is 0.224 e. The Labute approximate surface area is 122 Å². The average molecular weight is 348 g/mol. The van der Waals surface area contributed by atoms with Crippen molar-refractivity contribution in [3.05, 3.63) is 45.5 Å². The molecule has 0 amide bonds. The molecule has 0 bridgehead atoms. The fourth-order valence-electron chi connectivity index (χ4n) is 1.40. The monoisotopic (exact) mass is 346 g/mol. The Bertz CT molecular complexity index is 578. The highest BCUT2D eigenvalue weighted by Gasteiger charge is 2.07. The first-order valence-corrected chi connectivity index (χ1v) is 6.40. The van der Waals surface area contributed by atoms with Crippen molar-refractivity contribution in [2.24, 2.45) is 0 Å². The second-order valence-corrected chi connectivity index (χ2v) is 4.89. The number of hydrogen-bond acceptors (Lipinski definition) is 4. The maximum absolute atomic E-state index is 13.2. The molecule has 1 heterocycles. The van der Waals surface area contributed by atoms with E-state index >= 15 is 0 Å². The molecule has 1 aromatic carbocycles. The number of rotatable bonds is 4. The van der Waals surface area contributed by atoms with Gasteiger partial charge in [-0.1, -0.05) is 27.5 Å². The molecule has 0 unspecified atom stereocenters. The van der Waals surface area contributed by atoms with Crippen LogP contribution < -0.4 is 4.74 Å². The van der Waals surface area contributed by atoms with Crippen molar-refractivity contribution in [2.45, 2.75) is 6.61 Å². The molecule has 7 heteroatoms. The van der Waals surface area contributed by atoms with Gasteiger partial charge in [0.15, 0.2) is 5.82 Å². The van der Waals surface area contributed by atoms with Gasteiger partial charge in [0.2, 0.25) is 5.88 Å². The molecule has 0 saturated carbocycles. The van der Waals surface area contributed by atoms with E-state index in [1.54, 1.807) is 6.07 Å². The summed E-state index contributed by atoms with van der Waals surface area (Å²) in [7, 11) is 1.52. The summed E-state index contributed by atoms with van der Waals surface area (Å²) in [5.74, 6) is 0.511. The van der Waals surface area contributed by atoms with Crippen molar-refractivity contribution < 1.29 is 13.9 Å². The molecule has 0 fully saturated rings. The summed E-state index contributed by atoms with van der Waals surface area (Å²) < 4.78 is 24.2. The molecule has 4 nitrogen and oxygen atoms in total. The van der Waals surface area contributed by atoms with Gasteiger partial charge in [-0.05, 0) is 12.1 Å². The third-order valence-corrected chi connectivity index (χ3v) is 2.70. The number of nitrogens with zero attached hydrogens (tertiary/aromatic N) is 2. The average Bonchev–Trinajstić information content (AvgIpc) is 2.26. The van der Waals surface area contributed by atoms with Crippen LogP contribution in [0.5, 0.6) is 11.6 Å². The van der Waals surface area contributed by atoms with E-state index in [4.69, 9.17) is 21.1 Å². The van der Waals surface area contributed by atoms with Crippen molar-refractivity contribution >= 4 is 27.5 Å². The third kappa shape index (κ3) is 4.12. The van der Waals surface area contributed by atoms with Gasteiger partial charge in [-0.2, -0.15) is 4.98 Å². The predicted molar refractivity (Wildman–Crippen MR) is 71.9 cm³/mol. The van der Waals surface area contributed by atoms with Crippen LogP contribution >= 0.6 is 27.5 Å². The van der Waals surface area contributed by atoms with Crippen LogP contribution in [0.2, 0.25) is 5.15 Å². The van der Waals surface area contributed by atoms with Crippen molar-refractivity contribution in [1.82, 2.24) is 9.97 Å². The van der Waals surface area contributed by atoms with E-state index in [1.807, 2.05) is 0 Å². The molecule has 100 valence electrons. The molecular formula is C12H9BrClFN2O2. The van der Waals surface area contributed by atoms with Crippen molar-refractivity contribution in [3.63, 3.8) is 0 Å². The number of aromatic nitrogens is 2. The Morgan fingerprint density at radius 2 is 2.05 bits per heavy atom. The maximum Gasteiger partial charge on any atom is 0.224 e. The SMILES string of the molecule is COCc1nc(Cl)cc(Oc2cc(F)cc(Br)c2)n1. The lowest BCUT2D eigenvalue weighted by molar-refractivity contribution is 0.177. The Hall–Kier alpha value is -1.24. The van der Waals surface area contributed by atoms with Crippen LogP contribution in [-0.4, -0.2) is 17.1 Å². The highest BCUT2D eigenvalue weighted by molar-refractivity contribution is 9.10. The first-order chi connectivity index (χ1) is 9.06. The summed E-state index contributed by atoms with van der Waals surface area (Å²) in [4.78, 5) is 8.06. The fourth-order valence-corrected chi connectivity index (χ4v) is 2.03. The number of benzene rings is 1. The van der Waals surface area contributed by atoms with Crippen molar-refractivity contribution in [3.8, 4) is 11.6 Å². The van der Waals surface area contributed by atoms with Gasteiger partial charge in [0.25, 0.3) is 0 Å². The summed E-state index contributed by atoms with van der Waals surface area (Å²) in [6.07, 6.45) is 0. The Balaban J connectivity index is 2.27. The molecule has 0 atom stereocenters. The van der Waals surface area contributed by atoms with E-state index in [2.05, 4.69) is 25.9 Å². The molecule has 19 heavy (non-hydrogen) atoms. The van der Waals surface area contributed by atoms with Gasteiger partial charge in [0, 0.05) is 23.7 Å². The second-order valence-electron chi connectivity index (χ2n) is 3.59. The number of ether oxygens (including phenoxy) is 2. The Morgan fingerprint density at radius 3 is 2.74 bits per heavy atom. The zero-order chi connectivity index (χ0) is 13.8. The van der Waals surface area contributed by atoms with E-state index in [1.165, 1.54) is 25.3 Å². The Kier molecular flexibility index (Phi) is 4.68. The normalized spacial score (nSPS) is 10.5. The maximum atomic E-state index is 13.2. The van der Waals surface area contributed by atoms with Crippen LogP contribution in [0.3, 0.4) is 0 Å².